The van der Waals surface area contributed by atoms with E-state index >= 15 is 0 Å². The average molecular weight is 361 g/mol. The highest BCUT2D eigenvalue weighted by molar-refractivity contribution is 6.31. The minimum absolute atomic E-state index is 0.00491. The van der Waals surface area contributed by atoms with Crippen LogP contribution in [0.2, 0.25) is 5.02 Å². The van der Waals surface area contributed by atoms with Crippen molar-refractivity contribution >= 4 is 46.1 Å². The quantitative estimate of drug-likeness (QED) is 0.646. The Morgan fingerprint density at radius 1 is 1.28 bits per heavy atom. The summed E-state index contributed by atoms with van der Waals surface area (Å²) in [5, 5.41) is 6.35. The standard InChI is InChI=1S/C17H14ClFN4O2/c1-2-25-16-7-14-11(6-15(16)22-9-24)17(21-8-20-14)23-10-3-4-13(19)12(18)5-10/h3-9H,2H2,1H3,(H,22,24)(H,20,21,23). The number of fused-ring (bicyclic) bond motifs is 1. The number of carbonyl (C=O) groups excluding carboxylic acids is 1. The van der Waals surface area contributed by atoms with Crippen molar-refractivity contribution < 1.29 is 13.9 Å². The molecule has 0 spiro atoms. The first kappa shape index (κ1) is 16.9. The molecule has 0 radical (unpaired) electrons. The smallest absolute Gasteiger partial charge is 0.211 e. The molecule has 3 rings (SSSR count). The second kappa shape index (κ2) is 7.31. The molecule has 0 fully saturated rings. The molecular weight excluding hydrogens is 347 g/mol. The zero-order chi connectivity index (χ0) is 17.8. The van der Waals surface area contributed by atoms with Gasteiger partial charge >= 0.3 is 0 Å². The Morgan fingerprint density at radius 2 is 2.12 bits per heavy atom. The van der Waals surface area contributed by atoms with E-state index in [0.717, 1.165) is 0 Å². The predicted octanol–water partition coefficient (Wildman–Crippen LogP) is 4.13. The summed E-state index contributed by atoms with van der Waals surface area (Å²) in [4.78, 5) is 19.3. The molecule has 0 aliphatic heterocycles. The summed E-state index contributed by atoms with van der Waals surface area (Å²) in [5.41, 5.74) is 1.70. The van der Waals surface area contributed by atoms with E-state index in [1.165, 1.54) is 18.5 Å². The van der Waals surface area contributed by atoms with Gasteiger partial charge in [-0.05, 0) is 31.2 Å². The Bertz CT molecular complexity index is 936. The van der Waals surface area contributed by atoms with Crippen molar-refractivity contribution in [2.45, 2.75) is 6.92 Å². The van der Waals surface area contributed by atoms with Gasteiger partial charge in [0.2, 0.25) is 6.41 Å². The van der Waals surface area contributed by atoms with Gasteiger partial charge < -0.3 is 15.4 Å². The minimum atomic E-state index is -0.501. The van der Waals surface area contributed by atoms with Gasteiger partial charge in [0.05, 0.1) is 22.8 Å². The fraction of sp³-hybridized carbons (Fsp3) is 0.118. The van der Waals surface area contributed by atoms with Crippen LogP contribution in [0.4, 0.5) is 21.6 Å². The summed E-state index contributed by atoms with van der Waals surface area (Å²) >= 11 is 5.81. The van der Waals surface area contributed by atoms with E-state index in [1.54, 1.807) is 18.2 Å². The lowest BCUT2D eigenvalue weighted by molar-refractivity contribution is -0.105. The van der Waals surface area contributed by atoms with Crippen LogP contribution < -0.4 is 15.4 Å². The Labute approximate surface area is 148 Å². The van der Waals surface area contributed by atoms with Crippen molar-refractivity contribution in [3.63, 3.8) is 0 Å². The lowest BCUT2D eigenvalue weighted by Crippen LogP contribution is -2.02. The number of benzene rings is 2. The molecular formula is C17H14ClFN4O2. The van der Waals surface area contributed by atoms with Crippen LogP contribution in [0.3, 0.4) is 0 Å². The molecule has 0 bridgehead atoms. The Balaban J connectivity index is 2.06. The second-order valence-electron chi connectivity index (χ2n) is 5.04. The number of aromatic nitrogens is 2. The van der Waals surface area contributed by atoms with Gasteiger partial charge in [0.15, 0.2) is 0 Å². The molecule has 128 valence electrons. The van der Waals surface area contributed by atoms with Crippen LogP contribution in [0.15, 0.2) is 36.7 Å². The number of hydrogen-bond donors (Lipinski definition) is 2. The summed E-state index contributed by atoms with van der Waals surface area (Å²) < 4.78 is 18.8. The molecule has 0 atom stereocenters. The Morgan fingerprint density at radius 3 is 2.84 bits per heavy atom. The van der Waals surface area contributed by atoms with E-state index in [0.29, 0.717) is 46.9 Å². The number of halogens is 2. The van der Waals surface area contributed by atoms with Gasteiger partial charge in [-0.2, -0.15) is 0 Å². The van der Waals surface area contributed by atoms with Crippen LogP contribution in [0.5, 0.6) is 5.75 Å². The third-order valence-corrected chi connectivity index (χ3v) is 3.72. The van der Waals surface area contributed by atoms with Crippen molar-refractivity contribution in [1.82, 2.24) is 9.97 Å². The lowest BCUT2D eigenvalue weighted by atomic mass is 10.2. The third-order valence-electron chi connectivity index (χ3n) is 3.43. The number of nitrogens with one attached hydrogen (secondary N) is 2. The Hall–Kier alpha value is -2.93. The van der Waals surface area contributed by atoms with E-state index in [9.17, 15) is 9.18 Å². The van der Waals surface area contributed by atoms with E-state index in [4.69, 9.17) is 16.3 Å². The first-order chi connectivity index (χ1) is 12.1. The highest BCUT2D eigenvalue weighted by Crippen LogP contribution is 2.33. The molecule has 1 aromatic heterocycles. The van der Waals surface area contributed by atoms with Gasteiger partial charge in [-0.3, -0.25) is 4.79 Å². The van der Waals surface area contributed by atoms with Gasteiger partial charge in [0.1, 0.15) is 23.7 Å². The molecule has 6 nitrogen and oxygen atoms in total. The molecule has 1 heterocycles. The molecule has 25 heavy (non-hydrogen) atoms. The van der Waals surface area contributed by atoms with Crippen LogP contribution in [0.25, 0.3) is 10.9 Å². The maximum absolute atomic E-state index is 13.3. The molecule has 0 aliphatic rings. The summed E-state index contributed by atoms with van der Waals surface area (Å²) in [6.45, 7) is 2.30. The number of anilines is 3. The van der Waals surface area contributed by atoms with Crippen molar-refractivity contribution in [2.75, 3.05) is 17.2 Å². The van der Waals surface area contributed by atoms with Gasteiger partial charge in [0, 0.05) is 17.1 Å². The lowest BCUT2D eigenvalue weighted by Gasteiger charge is -2.13. The first-order valence-electron chi connectivity index (χ1n) is 7.46. The molecule has 8 heteroatoms. The molecule has 0 saturated carbocycles. The van der Waals surface area contributed by atoms with Crippen LogP contribution >= 0.6 is 11.6 Å². The highest BCUT2D eigenvalue weighted by atomic mass is 35.5. The predicted molar refractivity (Wildman–Crippen MR) is 95.1 cm³/mol. The van der Waals surface area contributed by atoms with Crippen molar-refractivity contribution in [1.29, 1.82) is 0 Å². The van der Waals surface area contributed by atoms with E-state index in [-0.39, 0.29) is 5.02 Å². The first-order valence-corrected chi connectivity index (χ1v) is 7.84. The molecule has 0 saturated heterocycles. The normalized spacial score (nSPS) is 10.5. The fourth-order valence-electron chi connectivity index (χ4n) is 2.35. The number of carbonyl (C=O) groups is 1. The minimum Gasteiger partial charge on any atom is -0.492 e. The molecule has 0 unspecified atom stereocenters. The number of ether oxygens (including phenoxy) is 1. The number of amides is 1. The van der Waals surface area contributed by atoms with Crippen LogP contribution in [-0.2, 0) is 4.79 Å². The highest BCUT2D eigenvalue weighted by Gasteiger charge is 2.11. The SMILES string of the molecule is CCOc1cc2ncnc(Nc3ccc(F)c(Cl)c3)c2cc1NC=O. The summed E-state index contributed by atoms with van der Waals surface area (Å²) in [7, 11) is 0. The van der Waals surface area contributed by atoms with Crippen LogP contribution in [0, 0.1) is 5.82 Å². The van der Waals surface area contributed by atoms with E-state index < -0.39 is 5.82 Å². The van der Waals surface area contributed by atoms with Crippen molar-refractivity contribution in [3.8, 4) is 5.75 Å². The number of rotatable bonds is 6. The fourth-order valence-corrected chi connectivity index (χ4v) is 2.53. The largest absolute Gasteiger partial charge is 0.492 e. The van der Waals surface area contributed by atoms with Crippen molar-refractivity contribution in [2.24, 2.45) is 0 Å². The van der Waals surface area contributed by atoms with Crippen LogP contribution in [-0.4, -0.2) is 23.0 Å². The molecule has 3 aromatic rings. The topological polar surface area (TPSA) is 76.1 Å². The van der Waals surface area contributed by atoms with E-state index in [1.807, 2.05) is 6.92 Å². The van der Waals surface area contributed by atoms with Gasteiger partial charge in [-0.15, -0.1) is 0 Å². The monoisotopic (exact) mass is 360 g/mol. The molecule has 1 amide bonds. The zero-order valence-electron chi connectivity index (χ0n) is 13.2. The average Bonchev–Trinajstić information content (AvgIpc) is 2.60. The maximum Gasteiger partial charge on any atom is 0.211 e. The van der Waals surface area contributed by atoms with Gasteiger partial charge in [-0.1, -0.05) is 11.6 Å². The number of nitrogens with zero attached hydrogens (tertiary/aromatic N) is 2. The zero-order valence-corrected chi connectivity index (χ0v) is 14.0. The second-order valence-corrected chi connectivity index (χ2v) is 5.44. The van der Waals surface area contributed by atoms with Crippen molar-refractivity contribution in [3.05, 3.63) is 47.5 Å². The van der Waals surface area contributed by atoms with Gasteiger partial charge in [0.25, 0.3) is 0 Å². The summed E-state index contributed by atoms with van der Waals surface area (Å²) in [5.74, 6) is 0.500. The van der Waals surface area contributed by atoms with Gasteiger partial charge in [-0.25, -0.2) is 14.4 Å². The Kier molecular flexibility index (Phi) is 4.95. The van der Waals surface area contributed by atoms with E-state index in [2.05, 4.69) is 20.6 Å². The summed E-state index contributed by atoms with van der Waals surface area (Å²) in [6.07, 6.45) is 1.97. The molecule has 2 aromatic carbocycles. The summed E-state index contributed by atoms with van der Waals surface area (Å²) in [6, 6.07) is 7.70. The number of hydrogen-bond acceptors (Lipinski definition) is 5. The molecule has 2 N–H and O–H groups in total. The maximum atomic E-state index is 13.3. The molecule has 0 aliphatic carbocycles. The van der Waals surface area contributed by atoms with Crippen LogP contribution in [0.1, 0.15) is 6.92 Å². The third kappa shape index (κ3) is 3.61.